The molecule has 2 aromatic rings. The van der Waals surface area contributed by atoms with Crippen molar-refractivity contribution in [3.8, 4) is 0 Å². The maximum atomic E-state index is 12.1. The summed E-state index contributed by atoms with van der Waals surface area (Å²) in [7, 11) is -3.21. The second-order valence-corrected chi connectivity index (χ2v) is 7.48. The van der Waals surface area contributed by atoms with Gasteiger partial charge in [-0.15, -0.1) is 0 Å². The van der Waals surface area contributed by atoms with E-state index in [2.05, 4.69) is 10.3 Å². The maximum Gasteiger partial charge on any atom is 0.274 e. The molecule has 0 saturated heterocycles. The number of fused-ring (bicyclic) bond motifs is 1. The van der Waals surface area contributed by atoms with Crippen LogP contribution >= 0.6 is 0 Å². The molecule has 7 heteroatoms. The zero-order valence-corrected chi connectivity index (χ0v) is 13.5. The first-order valence-electron chi connectivity index (χ1n) is 7.23. The van der Waals surface area contributed by atoms with E-state index in [4.69, 9.17) is 0 Å². The number of sulfonamides is 1. The summed E-state index contributed by atoms with van der Waals surface area (Å²) in [6, 6.07) is 10.7. The summed E-state index contributed by atoms with van der Waals surface area (Å²) in [6.07, 6.45) is 3.45. The van der Waals surface area contributed by atoms with Gasteiger partial charge in [0.2, 0.25) is 10.0 Å². The van der Waals surface area contributed by atoms with Crippen molar-refractivity contribution in [1.29, 1.82) is 0 Å². The molecule has 1 amide bonds. The van der Waals surface area contributed by atoms with Gasteiger partial charge in [0.25, 0.3) is 5.91 Å². The van der Waals surface area contributed by atoms with E-state index in [1.165, 1.54) is 10.6 Å². The van der Waals surface area contributed by atoms with Gasteiger partial charge in [-0.1, -0.05) is 12.1 Å². The van der Waals surface area contributed by atoms with Crippen molar-refractivity contribution in [2.24, 2.45) is 0 Å². The van der Waals surface area contributed by atoms with Crippen LogP contribution < -0.4 is 5.32 Å². The Kier molecular flexibility index (Phi) is 4.14. The van der Waals surface area contributed by atoms with Gasteiger partial charge in [0.05, 0.1) is 6.26 Å². The van der Waals surface area contributed by atoms with Crippen molar-refractivity contribution in [1.82, 2.24) is 9.29 Å². The fourth-order valence-electron chi connectivity index (χ4n) is 2.58. The summed E-state index contributed by atoms with van der Waals surface area (Å²) < 4.78 is 24.8. The minimum Gasteiger partial charge on any atom is -0.321 e. The molecule has 0 bridgehead atoms. The van der Waals surface area contributed by atoms with Crippen molar-refractivity contribution in [3.05, 3.63) is 59.4 Å². The molecule has 2 heterocycles. The van der Waals surface area contributed by atoms with Gasteiger partial charge >= 0.3 is 0 Å². The molecule has 1 aliphatic rings. The SMILES string of the molecule is CS(=O)(=O)N1CCc2ccc(NC(=O)c3ccccn3)cc2C1. The van der Waals surface area contributed by atoms with Gasteiger partial charge in [0.15, 0.2) is 0 Å². The number of hydrogen-bond donors (Lipinski definition) is 1. The quantitative estimate of drug-likeness (QED) is 0.927. The Labute approximate surface area is 135 Å². The largest absolute Gasteiger partial charge is 0.321 e. The maximum absolute atomic E-state index is 12.1. The van der Waals surface area contributed by atoms with E-state index in [1.807, 2.05) is 18.2 Å². The number of carbonyl (C=O) groups is 1. The third-order valence-electron chi connectivity index (χ3n) is 3.81. The Bertz CT molecular complexity index is 835. The summed E-state index contributed by atoms with van der Waals surface area (Å²) >= 11 is 0. The highest BCUT2D eigenvalue weighted by Crippen LogP contribution is 2.24. The van der Waals surface area contributed by atoms with Crippen molar-refractivity contribution in [2.75, 3.05) is 18.1 Å². The van der Waals surface area contributed by atoms with Crippen molar-refractivity contribution in [2.45, 2.75) is 13.0 Å². The van der Waals surface area contributed by atoms with Crippen LogP contribution in [0.2, 0.25) is 0 Å². The number of aromatic nitrogens is 1. The molecule has 0 atom stereocenters. The molecule has 23 heavy (non-hydrogen) atoms. The van der Waals surface area contributed by atoms with Crippen LogP contribution in [0.4, 0.5) is 5.69 Å². The molecule has 1 aromatic carbocycles. The third-order valence-corrected chi connectivity index (χ3v) is 5.06. The molecule has 6 nitrogen and oxygen atoms in total. The average molecular weight is 331 g/mol. The normalized spacial score (nSPS) is 15.0. The number of rotatable bonds is 3. The molecule has 3 rings (SSSR count). The van der Waals surface area contributed by atoms with Crippen LogP contribution in [0.5, 0.6) is 0 Å². The number of benzene rings is 1. The lowest BCUT2D eigenvalue weighted by Gasteiger charge is -2.27. The predicted molar refractivity (Wildman–Crippen MR) is 87.6 cm³/mol. The minimum atomic E-state index is -3.21. The second kappa shape index (κ2) is 6.10. The van der Waals surface area contributed by atoms with Crippen LogP contribution in [0, 0.1) is 0 Å². The van der Waals surface area contributed by atoms with E-state index in [1.54, 1.807) is 24.4 Å². The molecule has 0 aliphatic carbocycles. The summed E-state index contributed by atoms with van der Waals surface area (Å²) in [6.45, 7) is 0.826. The zero-order chi connectivity index (χ0) is 16.4. The minimum absolute atomic E-state index is 0.290. The van der Waals surface area contributed by atoms with Gasteiger partial charge in [-0.25, -0.2) is 8.42 Å². The monoisotopic (exact) mass is 331 g/mol. The Morgan fingerprint density at radius 2 is 2.04 bits per heavy atom. The van der Waals surface area contributed by atoms with Gasteiger partial charge in [-0.3, -0.25) is 9.78 Å². The van der Waals surface area contributed by atoms with E-state index < -0.39 is 10.0 Å². The number of hydrogen-bond acceptors (Lipinski definition) is 4. The summed E-state index contributed by atoms with van der Waals surface area (Å²) in [5.41, 5.74) is 3.00. The number of nitrogens with zero attached hydrogens (tertiary/aromatic N) is 2. The van der Waals surface area contributed by atoms with Gasteiger partial charge in [-0.05, 0) is 41.8 Å². The Morgan fingerprint density at radius 1 is 1.22 bits per heavy atom. The lowest BCUT2D eigenvalue weighted by molar-refractivity contribution is 0.102. The summed E-state index contributed by atoms with van der Waals surface area (Å²) in [5, 5.41) is 2.79. The lowest BCUT2D eigenvalue weighted by atomic mass is 10.0. The van der Waals surface area contributed by atoms with Crippen LogP contribution in [0.3, 0.4) is 0 Å². The summed E-state index contributed by atoms with van der Waals surface area (Å²) in [4.78, 5) is 16.1. The fraction of sp³-hybridized carbons (Fsp3) is 0.250. The van der Waals surface area contributed by atoms with E-state index in [0.717, 1.165) is 11.1 Å². The smallest absolute Gasteiger partial charge is 0.274 e. The highest BCUT2D eigenvalue weighted by atomic mass is 32.2. The molecule has 1 N–H and O–H groups in total. The van der Waals surface area contributed by atoms with Crippen molar-refractivity contribution in [3.63, 3.8) is 0 Å². The molecule has 1 aromatic heterocycles. The predicted octanol–water partition coefficient (Wildman–Crippen LogP) is 1.65. The van der Waals surface area contributed by atoms with Crippen LogP contribution in [-0.2, 0) is 23.0 Å². The first-order valence-corrected chi connectivity index (χ1v) is 9.07. The highest BCUT2D eigenvalue weighted by Gasteiger charge is 2.23. The standard InChI is InChI=1S/C16H17N3O3S/c1-23(21,22)19-9-7-12-5-6-14(10-13(12)11-19)18-16(20)15-4-2-3-8-17-15/h2-6,8,10H,7,9,11H2,1H3,(H,18,20). The fourth-order valence-corrected chi connectivity index (χ4v) is 3.38. The molecule has 120 valence electrons. The molecule has 0 unspecified atom stereocenters. The molecule has 0 fully saturated rings. The van der Waals surface area contributed by atoms with Crippen LogP contribution in [0.15, 0.2) is 42.6 Å². The average Bonchev–Trinajstić information content (AvgIpc) is 2.54. The van der Waals surface area contributed by atoms with Gasteiger partial charge in [-0.2, -0.15) is 4.31 Å². The molecular formula is C16H17N3O3S. The third kappa shape index (κ3) is 3.57. The Morgan fingerprint density at radius 3 is 2.74 bits per heavy atom. The van der Waals surface area contributed by atoms with Crippen LogP contribution in [0.1, 0.15) is 21.6 Å². The Hall–Kier alpha value is -2.25. The van der Waals surface area contributed by atoms with Crippen molar-refractivity contribution < 1.29 is 13.2 Å². The highest BCUT2D eigenvalue weighted by molar-refractivity contribution is 7.88. The number of nitrogens with one attached hydrogen (secondary N) is 1. The molecule has 0 radical (unpaired) electrons. The van der Waals surface area contributed by atoms with Crippen LogP contribution in [-0.4, -0.2) is 36.4 Å². The zero-order valence-electron chi connectivity index (χ0n) is 12.7. The Balaban J connectivity index is 1.80. The second-order valence-electron chi connectivity index (χ2n) is 5.50. The van der Waals surface area contributed by atoms with Gasteiger partial charge < -0.3 is 5.32 Å². The van der Waals surface area contributed by atoms with E-state index in [-0.39, 0.29) is 5.91 Å². The molecule has 1 aliphatic heterocycles. The topological polar surface area (TPSA) is 79.4 Å². The molecule has 0 spiro atoms. The first kappa shape index (κ1) is 15.6. The molecule has 0 saturated carbocycles. The number of amides is 1. The van der Waals surface area contributed by atoms with Gasteiger partial charge in [0.1, 0.15) is 5.69 Å². The van der Waals surface area contributed by atoms with Crippen molar-refractivity contribution >= 4 is 21.6 Å². The number of carbonyl (C=O) groups excluding carboxylic acids is 1. The first-order chi connectivity index (χ1) is 10.9. The summed E-state index contributed by atoms with van der Waals surface area (Å²) in [5.74, 6) is -0.290. The van der Waals surface area contributed by atoms with E-state index in [0.29, 0.717) is 30.9 Å². The van der Waals surface area contributed by atoms with E-state index in [9.17, 15) is 13.2 Å². The number of anilines is 1. The molecular weight excluding hydrogens is 314 g/mol. The van der Waals surface area contributed by atoms with E-state index >= 15 is 0 Å². The lowest BCUT2D eigenvalue weighted by Crippen LogP contribution is -2.35. The van der Waals surface area contributed by atoms with Gasteiger partial charge in [0, 0.05) is 25.0 Å². The van der Waals surface area contributed by atoms with Crippen LogP contribution in [0.25, 0.3) is 0 Å². The number of pyridine rings is 1.